The van der Waals surface area contributed by atoms with Crippen molar-refractivity contribution in [2.24, 2.45) is 5.73 Å². The van der Waals surface area contributed by atoms with Gasteiger partial charge in [-0.05, 0) is 18.5 Å². The Morgan fingerprint density at radius 3 is 2.88 bits per heavy atom. The molecule has 44 valence electrons. The number of aromatic nitrogens is 2. The Bertz CT molecular complexity index is 146. The molecular weight excluding hydrogens is 122 g/mol. The minimum absolute atomic E-state index is 0.0787. The highest BCUT2D eigenvalue weighted by atomic mass is 32.1. The lowest BCUT2D eigenvalue weighted by molar-refractivity contribution is 0.834. The van der Waals surface area contributed by atoms with Crippen molar-refractivity contribution in [3.8, 4) is 0 Å². The van der Waals surface area contributed by atoms with Gasteiger partial charge in [-0.15, -0.1) is 5.10 Å². The largest absolute Gasteiger partial charge is 0.323 e. The van der Waals surface area contributed by atoms with E-state index in [1.165, 1.54) is 11.5 Å². The summed E-state index contributed by atoms with van der Waals surface area (Å²) in [6, 6.07) is 0.0787. The third kappa shape index (κ3) is 1.02. The molecule has 1 unspecified atom stereocenters. The van der Waals surface area contributed by atoms with Gasteiger partial charge in [0.1, 0.15) is 0 Å². The zero-order chi connectivity index (χ0) is 5.98. The van der Waals surface area contributed by atoms with Crippen LogP contribution in [0.3, 0.4) is 0 Å². The number of hydrogen-bond donors (Lipinski definition) is 1. The molecule has 1 aromatic heterocycles. The van der Waals surface area contributed by atoms with Crippen LogP contribution in [-0.4, -0.2) is 9.59 Å². The van der Waals surface area contributed by atoms with Gasteiger partial charge in [-0.2, -0.15) is 0 Å². The lowest BCUT2D eigenvalue weighted by atomic mass is 10.3. The monoisotopic (exact) mass is 129 g/mol. The lowest BCUT2D eigenvalue weighted by Crippen LogP contribution is -2.01. The maximum atomic E-state index is 5.49. The van der Waals surface area contributed by atoms with Crippen LogP contribution in [0, 0.1) is 0 Å². The highest BCUT2D eigenvalue weighted by molar-refractivity contribution is 7.05. The summed E-state index contributed by atoms with van der Waals surface area (Å²) in [4.78, 5) is 1.03. The Morgan fingerprint density at radius 2 is 2.62 bits per heavy atom. The first-order valence-electron chi connectivity index (χ1n) is 2.33. The first kappa shape index (κ1) is 5.65. The van der Waals surface area contributed by atoms with Crippen LogP contribution >= 0.6 is 11.5 Å². The molecule has 3 nitrogen and oxygen atoms in total. The van der Waals surface area contributed by atoms with Crippen molar-refractivity contribution in [2.45, 2.75) is 13.0 Å². The minimum atomic E-state index is 0.0787. The van der Waals surface area contributed by atoms with Crippen LogP contribution in [0.1, 0.15) is 17.8 Å². The lowest BCUT2D eigenvalue weighted by Gasteiger charge is -1.93. The molecule has 1 atom stereocenters. The van der Waals surface area contributed by atoms with Crippen LogP contribution in [0.5, 0.6) is 0 Å². The molecule has 4 heteroatoms. The topological polar surface area (TPSA) is 51.8 Å². The second-order valence-electron chi connectivity index (χ2n) is 1.61. The fourth-order valence-electron chi connectivity index (χ4n) is 0.375. The maximum absolute atomic E-state index is 5.49. The molecule has 1 rings (SSSR count). The van der Waals surface area contributed by atoms with Crippen molar-refractivity contribution >= 4 is 11.5 Å². The molecule has 1 heterocycles. The van der Waals surface area contributed by atoms with Crippen LogP contribution in [0.15, 0.2) is 6.20 Å². The van der Waals surface area contributed by atoms with Gasteiger partial charge in [-0.25, -0.2) is 0 Å². The predicted octanol–water partition coefficient (Wildman–Crippen LogP) is 0.558. The molecule has 8 heavy (non-hydrogen) atoms. The summed E-state index contributed by atoms with van der Waals surface area (Å²) in [7, 11) is 0. The van der Waals surface area contributed by atoms with E-state index >= 15 is 0 Å². The third-order valence-corrected chi connectivity index (χ3v) is 1.69. The van der Waals surface area contributed by atoms with Crippen molar-refractivity contribution in [1.82, 2.24) is 9.59 Å². The summed E-state index contributed by atoms with van der Waals surface area (Å²) in [6.45, 7) is 1.91. The van der Waals surface area contributed by atoms with Gasteiger partial charge >= 0.3 is 0 Å². The minimum Gasteiger partial charge on any atom is -0.323 e. The van der Waals surface area contributed by atoms with E-state index in [2.05, 4.69) is 9.59 Å². The standard InChI is InChI=1S/C4H7N3S/c1-3(5)4-2-6-7-8-4/h2-3H,5H2,1H3. The van der Waals surface area contributed by atoms with Crippen LogP contribution < -0.4 is 5.73 Å². The molecule has 0 fully saturated rings. The second kappa shape index (κ2) is 2.19. The Labute approximate surface area is 51.7 Å². The molecule has 0 saturated carbocycles. The summed E-state index contributed by atoms with van der Waals surface area (Å²) >= 11 is 1.34. The van der Waals surface area contributed by atoms with Gasteiger partial charge in [0.25, 0.3) is 0 Å². The highest BCUT2D eigenvalue weighted by Gasteiger charge is 1.98. The second-order valence-corrected chi connectivity index (χ2v) is 2.43. The van der Waals surface area contributed by atoms with Gasteiger partial charge in [-0.3, -0.25) is 0 Å². The Kier molecular flexibility index (Phi) is 1.55. The maximum Gasteiger partial charge on any atom is 0.0669 e. The number of rotatable bonds is 1. The molecule has 0 bridgehead atoms. The summed E-state index contributed by atoms with van der Waals surface area (Å²) in [5, 5.41) is 3.63. The molecule has 0 aliphatic heterocycles. The van der Waals surface area contributed by atoms with Crippen LogP contribution in [0.2, 0.25) is 0 Å². The molecule has 2 N–H and O–H groups in total. The van der Waals surface area contributed by atoms with E-state index < -0.39 is 0 Å². The van der Waals surface area contributed by atoms with Gasteiger partial charge in [0, 0.05) is 6.04 Å². The summed E-state index contributed by atoms with van der Waals surface area (Å²) in [6.07, 6.45) is 1.69. The molecule has 0 aromatic carbocycles. The van der Waals surface area contributed by atoms with Crippen molar-refractivity contribution < 1.29 is 0 Å². The fraction of sp³-hybridized carbons (Fsp3) is 0.500. The third-order valence-electron chi connectivity index (χ3n) is 0.827. The molecule has 0 radical (unpaired) electrons. The van der Waals surface area contributed by atoms with E-state index in [0.29, 0.717) is 0 Å². The summed E-state index contributed by atoms with van der Waals surface area (Å²) in [5.74, 6) is 0. The molecule has 0 saturated heterocycles. The Hall–Kier alpha value is -0.480. The van der Waals surface area contributed by atoms with E-state index in [-0.39, 0.29) is 6.04 Å². The average Bonchev–Trinajstić information content (AvgIpc) is 2.12. The van der Waals surface area contributed by atoms with Crippen LogP contribution in [-0.2, 0) is 0 Å². The highest BCUT2D eigenvalue weighted by Crippen LogP contribution is 2.09. The van der Waals surface area contributed by atoms with Gasteiger partial charge in [-0.1, -0.05) is 4.49 Å². The average molecular weight is 129 g/mol. The smallest absolute Gasteiger partial charge is 0.0669 e. The van der Waals surface area contributed by atoms with Crippen LogP contribution in [0.25, 0.3) is 0 Å². The first-order chi connectivity index (χ1) is 3.80. The number of nitrogens with zero attached hydrogens (tertiary/aromatic N) is 2. The predicted molar refractivity (Wildman–Crippen MR) is 32.5 cm³/mol. The van der Waals surface area contributed by atoms with E-state index in [1.54, 1.807) is 6.20 Å². The zero-order valence-corrected chi connectivity index (χ0v) is 5.35. The molecule has 0 amide bonds. The zero-order valence-electron chi connectivity index (χ0n) is 4.53. The molecule has 0 aliphatic rings. The molecule has 1 aromatic rings. The normalized spacial score (nSPS) is 13.8. The van der Waals surface area contributed by atoms with Crippen molar-refractivity contribution in [1.29, 1.82) is 0 Å². The van der Waals surface area contributed by atoms with E-state index in [4.69, 9.17) is 5.73 Å². The Balaban J connectivity index is 2.77. The van der Waals surface area contributed by atoms with Gasteiger partial charge in [0.2, 0.25) is 0 Å². The first-order valence-corrected chi connectivity index (χ1v) is 3.11. The molecule has 0 aliphatic carbocycles. The van der Waals surface area contributed by atoms with Gasteiger partial charge in [0.05, 0.1) is 11.1 Å². The molecule has 0 spiro atoms. The quantitative estimate of drug-likeness (QED) is 0.602. The van der Waals surface area contributed by atoms with Gasteiger partial charge < -0.3 is 5.73 Å². The van der Waals surface area contributed by atoms with E-state index in [1.807, 2.05) is 6.92 Å². The number of hydrogen-bond acceptors (Lipinski definition) is 4. The Morgan fingerprint density at radius 1 is 1.88 bits per heavy atom. The molecular formula is C4H7N3S. The summed E-state index contributed by atoms with van der Waals surface area (Å²) in [5.41, 5.74) is 5.49. The van der Waals surface area contributed by atoms with E-state index in [0.717, 1.165) is 4.88 Å². The van der Waals surface area contributed by atoms with Crippen molar-refractivity contribution in [2.75, 3.05) is 0 Å². The van der Waals surface area contributed by atoms with Crippen LogP contribution in [0.4, 0.5) is 0 Å². The number of nitrogens with two attached hydrogens (primary N) is 1. The summed E-state index contributed by atoms with van der Waals surface area (Å²) < 4.78 is 3.66. The van der Waals surface area contributed by atoms with Crippen molar-refractivity contribution in [3.63, 3.8) is 0 Å². The van der Waals surface area contributed by atoms with E-state index in [9.17, 15) is 0 Å². The van der Waals surface area contributed by atoms with Crippen molar-refractivity contribution in [3.05, 3.63) is 11.1 Å². The fourth-order valence-corrected chi connectivity index (χ4v) is 0.825. The SMILES string of the molecule is CC(N)c1cnns1. The van der Waals surface area contributed by atoms with Gasteiger partial charge in [0.15, 0.2) is 0 Å².